The van der Waals surface area contributed by atoms with E-state index in [0.29, 0.717) is 17.4 Å². The summed E-state index contributed by atoms with van der Waals surface area (Å²) in [4.78, 5) is 29.8. The maximum atomic E-state index is 14.3. The highest BCUT2D eigenvalue weighted by molar-refractivity contribution is 7.92. The molecule has 3 aromatic carbocycles. The van der Waals surface area contributed by atoms with Crippen LogP contribution in [0, 0.1) is 0 Å². The van der Waals surface area contributed by atoms with Crippen LogP contribution in [0.15, 0.2) is 78.9 Å². The van der Waals surface area contributed by atoms with Crippen molar-refractivity contribution in [3.05, 3.63) is 95.0 Å². The van der Waals surface area contributed by atoms with E-state index < -0.39 is 28.5 Å². The van der Waals surface area contributed by atoms with Crippen LogP contribution in [-0.2, 0) is 32.6 Å². The Labute approximate surface area is 260 Å². The van der Waals surface area contributed by atoms with E-state index in [-0.39, 0.29) is 30.6 Å². The van der Waals surface area contributed by atoms with Crippen molar-refractivity contribution in [1.82, 2.24) is 10.2 Å². The molecular weight excluding hydrogens is 586 g/mol. The lowest BCUT2D eigenvalue weighted by molar-refractivity contribution is -0.140. The Hall–Kier alpha value is -3.56. The molecule has 1 N–H and O–H groups in total. The third-order valence-electron chi connectivity index (χ3n) is 7.58. The van der Waals surface area contributed by atoms with Gasteiger partial charge in [-0.25, -0.2) is 8.42 Å². The number of para-hydroxylation sites is 2. The first kappa shape index (κ1) is 32.4. The number of nitrogens with zero attached hydrogens (tertiary/aromatic N) is 2. The van der Waals surface area contributed by atoms with Gasteiger partial charge in [-0.1, -0.05) is 85.5 Å². The van der Waals surface area contributed by atoms with E-state index in [0.717, 1.165) is 53.8 Å². The fourth-order valence-electron chi connectivity index (χ4n) is 5.47. The van der Waals surface area contributed by atoms with E-state index in [1.165, 1.54) is 4.90 Å². The van der Waals surface area contributed by atoms with Gasteiger partial charge in [0.05, 0.1) is 18.6 Å². The van der Waals surface area contributed by atoms with Crippen LogP contribution in [0.25, 0.3) is 0 Å². The molecule has 0 aromatic heterocycles. The summed E-state index contributed by atoms with van der Waals surface area (Å²) in [5.41, 5.74) is 1.87. The van der Waals surface area contributed by atoms with Crippen LogP contribution in [0.5, 0.6) is 5.75 Å². The predicted molar refractivity (Wildman–Crippen MR) is 171 cm³/mol. The van der Waals surface area contributed by atoms with Gasteiger partial charge in [-0.3, -0.25) is 13.9 Å². The lowest BCUT2D eigenvalue weighted by atomic mass is 9.94. The molecule has 0 unspecified atom stereocenters. The Morgan fingerprint density at radius 1 is 0.953 bits per heavy atom. The minimum atomic E-state index is -3.91. The summed E-state index contributed by atoms with van der Waals surface area (Å²) >= 11 is 6.30. The predicted octanol–water partition coefficient (Wildman–Crippen LogP) is 5.59. The van der Waals surface area contributed by atoms with Gasteiger partial charge in [0.25, 0.3) is 0 Å². The zero-order valence-electron chi connectivity index (χ0n) is 24.7. The second kappa shape index (κ2) is 15.3. The van der Waals surface area contributed by atoms with Gasteiger partial charge in [0.2, 0.25) is 21.8 Å². The van der Waals surface area contributed by atoms with Gasteiger partial charge in [-0.05, 0) is 55.2 Å². The Morgan fingerprint density at radius 3 is 2.30 bits per heavy atom. The number of carbonyl (C=O) groups is 2. The van der Waals surface area contributed by atoms with Crippen molar-refractivity contribution >= 4 is 39.1 Å². The van der Waals surface area contributed by atoms with Crippen LogP contribution < -0.4 is 14.4 Å². The SMILES string of the molecule is CCOc1ccccc1N(CC(=O)N(Cc1cccc(Cl)c1)[C@H](Cc1ccccc1)C(=O)NC1CCCCC1)S(C)(=O)=O. The molecule has 1 atom stereocenters. The molecule has 1 fully saturated rings. The van der Waals surface area contributed by atoms with Crippen LogP contribution in [0.2, 0.25) is 5.02 Å². The quantitative estimate of drug-likeness (QED) is 0.267. The normalized spacial score (nSPS) is 14.5. The first-order valence-corrected chi connectivity index (χ1v) is 17.0. The number of ether oxygens (including phenoxy) is 1. The van der Waals surface area contributed by atoms with Gasteiger partial charge in [0.1, 0.15) is 18.3 Å². The fourth-order valence-corrected chi connectivity index (χ4v) is 6.53. The number of rotatable bonds is 13. The first-order chi connectivity index (χ1) is 20.7. The molecule has 0 heterocycles. The molecule has 3 aromatic rings. The average molecular weight is 626 g/mol. The lowest BCUT2D eigenvalue weighted by Crippen LogP contribution is -2.55. The topological polar surface area (TPSA) is 96.0 Å². The molecule has 0 spiro atoms. The summed E-state index contributed by atoms with van der Waals surface area (Å²) in [6.07, 6.45) is 6.33. The number of sulfonamides is 1. The van der Waals surface area contributed by atoms with Gasteiger partial charge in [0, 0.05) is 24.0 Å². The van der Waals surface area contributed by atoms with Crippen molar-refractivity contribution in [2.75, 3.05) is 23.7 Å². The summed E-state index contributed by atoms with van der Waals surface area (Å²) in [7, 11) is -3.91. The third-order valence-corrected chi connectivity index (χ3v) is 8.94. The average Bonchev–Trinajstić information content (AvgIpc) is 2.98. The number of benzene rings is 3. The van der Waals surface area contributed by atoms with Crippen LogP contribution in [0.4, 0.5) is 5.69 Å². The second-order valence-corrected chi connectivity index (χ2v) is 13.2. The molecule has 8 nitrogen and oxygen atoms in total. The van der Waals surface area contributed by atoms with Crippen molar-refractivity contribution in [3.8, 4) is 5.75 Å². The molecule has 43 heavy (non-hydrogen) atoms. The zero-order valence-corrected chi connectivity index (χ0v) is 26.3. The molecule has 4 rings (SSSR count). The Balaban J connectivity index is 1.74. The Bertz CT molecular complexity index is 1480. The number of carbonyl (C=O) groups excluding carboxylic acids is 2. The molecule has 0 bridgehead atoms. The molecule has 0 radical (unpaired) electrons. The van der Waals surface area contributed by atoms with Crippen molar-refractivity contribution in [2.45, 2.75) is 64.1 Å². The molecule has 1 aliphatic rings. The third kappa shape index (κ3) is 9.21. The van der Waals surface area contributed by atoms with E-state index in [9.17, 15) is 18.0 Å². The minimum absolute atomic E-state index is 0.0354. The summed E-state index contributed by atoms with van der Waals surface area (Å²) in [6, 6.07) is 22.5. The molecule has 0 aliphatic heterocycles. The monoisotopic (exact) mass is 625 g/mol. The van der Waals surface area contributed by atoms with E-state index in [2.05, 4.69) is 5.32 Å². The van der Waals surface area contributed by atoms with Crippen molar-refractivity contribution < 1.29 is 22.7 Å². The number of anilines is 1. The summed E-state index contributed by atoms with van der Waals surface area (Å²) in [5, 5.41) is 3.70. The van der Waals surface area contributed by atoms with E-state index in [1.807, 2.05) is 36.4 Å². The Morgan fingerprint density at radius 2 is 1.63 bits per heavy atom. The zero-order chi connectivity index (χ0) is 30.8. The highest BCUT2D eigenvalue weighted by Gasteiger charge is 2.34. The molecule has 1 aliphatic carbocycles. The summed E-state index contributed by atoms with van der Waals surface area (Å²) < 4.78 is 33.0. The van der Waals surface area contributed by atoms with Crippen LogP contribution in [0.3, 0.4) is 0 Å². The number of amides is 2. The summed E-state index contributed by atoms with van der Waals surface area (Å²) in [6.45, 7) is 1.69. The molecule has 230 valence electrons. The van der Waals surface area contributed by atoms with E-state index in [4.69, 9.17) is 16.3 Å². The summed E-state index contributed by atoms with van der Waals surface area (Å²) in [5.74, 6) is -0.427. The minimum Gasteiger partial charge on any atom is -0.492 e. The van der Waals surface area contributed by atoms with Crippen LogP contribution in [0.1, 0.15) is 50.2 Å². The van der Waals surface area contributed by atoms with Crippen molar-refractivity contribution in [2.24, 2.45) is 0 Å². The number of hydrogen-bond donors (Lipinski definition) is 1. The van der Waals surface area contributed by atoms with Crippen LogP contribution >= 0.6 is 11.6 Å². The fraction of sp³-hybridized carbons (Fsp3) is 0.394. The van der Waals surface area contributed by atoms with Gasteiger partial charge in [-0.2, -0.15) is 0 Å². The number of nitrogens with one attached hydrogen (secondary N) is 1. The van der Waals surface area contributed by atoms with Gasteiger partial charge < -0.3 is 15.0 Å². The molecule has 10 heteroatoms. The molecule has 2 amide bonds. The molecule has 0 saturated heterocycles. The standard InChI is InChI=1S/C33H40ClN3O5S/c1-3-42-31-20-11-10-19-29(31)37(43(2,40)41)24-32(38)36(23-26-15-12-16-27(34)21-26)30(22-25-13-6-4-7-14-25)33(39)35-28-17-8-5-9-18-28/h4,6-7,10-16,19-21,28,30H,3,5,8-9,17-18,22-24H2,1-2H3,(H,35,39)/t30-/m1/s1. The highest BCUT2D eigenvalue weighted by Crippen LogP contribution is 2.30. The maximum absolute atomic E-state index is 14.3. The first-order valence-electron chi connectivity index (χ1n) is 14.7. The van der Waals surface area contributed by atoms with Gasteiger partial charge in [0.15, 0.2) is 0 Å². The van der Waals surface area contributed by atoms with E-state index >= 15 is 0 Å². The highest BCUT2D eigenvalue weighted by atomic mass is 35.5. The molecule has 1 saturated carbocycles. The van der Waals surface area contributed by atoms with Gasteiger partial charge >= 0.3 is 0 Å². The Kier molecular flexibility index (Phi) is 11.5. The second-order valence-electron chi connectivity index (χ2n) is 10.9. The number of halogens is 1. The van der Waals surface area contributed by atoms with Crippen molar-refractivity contribution in [3.63, 3.8) is 0 Å². The maximum Gasteiger partial charge on any atom is 0.244 e. The smallest absolute Gasteiger partial charge is 0.244 e. The van der Waals surface area contributed by atoms with E-state index in [1.54, 1.807) is 49.4 Å². The number of hydrogen-bond acceptors (Lipinski definition) is 5. The van der Waals surface area contributed by atoms with Crippen molar-refractivity contribution in [1.29, 1.82) is 0 Å². The lowest BCUT2D eigenvalue weighted by Gasteiger charge is -2.35. The molecular formula is C33H40ClN3O5S. The van der Waals surface area contributed by atoms with Crippen LogP contribution in [-0.4, -0.2) is 56.6 Å². The largest absolute Gasteiger partial charge is 0.492 e. The van der Waals surface area contributed by atoms with Gasteiger partial charge in [-0.15, -0.1) is 0 Å².